The van der Waals surface area contributed by atoms with Gasteiger partial charge in [-0.1, -0.05) is 18.2 Å². The Kier molecular flexibility index (Phi) is 5.43. The van der Waals surface area contributed by atoms with Crippen molar-refractivity contribution >= 4 is 34.6 Å². The van der Waals surface area contributed by atoms with Crippen LogP contribution in [0.25, 0.3) is 0 Å². The zero-order valence-electron chi connectivity index (χ0n) is 13.0. The molecular weight excluding hydrogens is 330 g/mol. The number of nitrogens with zero attached hydrogens (tertiary/aromatic N) is 1. The summed E-state index contributed by atoms with van der Waals surface area (Å²) in [6.07, 6.45) is 0. The van der Waals surface area contributed by atoms with Crippen molar-refractivity contribution in [2.45, 2.75) is 6.92 Å². The van der Waals surface area contributed by atoms with Crippen LogP contribution in [0.5, 0.6) is 5.75 Å². The number of aryl methyl sites for hydroxylation is 1. The third-order valence-corrected chi connectivity index (χ3v) is 3.38. The standard InChI is InChI=1S/C16H15N3O4S/c1-10-7-8-12(13(9-10)19(21)22)17-16(24)18-15(20)11-5-3-4-6-14(11)23-2/h3-9H,1-2H3,(H2,17,18,20,24). The average Bonchev–Trinajstić information content (AvgIpc) is 2.56. The maximum atomic E-state index is 12.2. The van der Waals surface area contributed by atoms with E-state index >= 15 is 0 Å². The molecule has 0 aromatic heterocycles. The van der Waals surface area contributed by atoms with Crippen LogP contribution in [-0.4, -0.2) is 23.1 Å². The smallest absolute Gasteiger partial charge is 0.292 e. The summed E-state index contributed by atoms with van der Waals surface area (Å²) in [5.41, 5.74) is 1.14. The van der Waals surface area contributed by atoms with Gasteiger partial charge in [0.25, 0.3) is 11.6 Å². The molecule has 7 nitrogen and oxygen atoms in total. The number of nitrogens with one attached hydrogen (secondary N) is 2. The van der Waals surface area contributed by atoms with Gasteiger partial charge >= 0.3 is 0 Å². The first-order chi connectivity index (χ1) is 11.4. The second kappa shape index (κ2) is 7.51. The SMILES string of the molecule is COc1ccccc1C(=O)NC(=S)Nc1ccc(C)cc1[N+](=O)[O-]. The first-order valence-corrected chi connectivity index (χ1v) is 7.33. The summed E-state index contributed by atoms with van der Waals surface area (Å²) < 4.78 is 5.12. The minimum atomic E-state index is -0.514. The van der Waals surface area contributed by atoms with Gasteiger partial charge in [0, 0.05) is 6.07 Å². The number of rotatable bonds is 4. The highest BCUT2D eigenvalue weighted by atomic mass is 32.1. The van der Waals surface area contributed by atoms with Gasteiger partial charge in [-0.2, -0.15) is 0 Å². The lowest BCUT2D eigenvalue weighted by Gasteiger charge is -2.12. The van der Waals surface area contributed by atoms with Gasteiger partial charge in [-0.3, -0.25) is 20.2 Å². The highest BCUT2D eigenvalue weighted by Crippen LogP contribution is 2.25. The van der Waals surface area contributed by atoms with Crippen LogP contribution >= 0.6 is 12.2 Å². The third-order valence-electron chi connectivity index (χ3n) is 3.18. The molecule has 0 atom stereocenters. The van der Waals surface area contributed by atoms with Gasteiger partial charge in [0.15, 0.2) is 5.11 Å². The predicted molar refractivity (Wildman–Crippen MR) is 94.5 cm³/mol. The van der Waals surface area contributed by atoms with Crippen LogP contribution in [0.2, 0.25) is 0 Å². The number of amides is 1. The highest BCUT2D eigenvalue weighted by molar-refractivity contribution is 7.80. The second-order valence-corrected chi connectivity index (χ2v) is 5.29. The van der Waals surface area contributed by atoms with Gasteiger partial charge in [-0.15, -0.1) is 0 Å². The Balaban J connectivity index is 2.14. The average molecular weight is 345 g/mol. The van der Waals surface area contributed by atoms with Crippen LogP contribution in [-0.2, 0) is 0 Å². The molecular formula is C16H15N3O4S. The van der Waals surface area contributed by atoms with E-state index in [4.69, 9.17) is 17.0 Å². The minimum Gasteiger partial charge on any atom is -0.496 e. The molecule has 0 spiro atoms. The summed E-state index contributed by atoms with van der Waals surface area (Å²) in [4.78, 5) is 22.8. The van der Waals surface area contributed by atoms with Crippen molar-refractivity contribution < 1.29 is 14.5 Å². The van der Waals surface area contributed by atoms with Gasteiger partial charge in [-0.05, 0) is 42.9 Å². The van der Waals surface area contributed by atoms with E-state index in [0.717, 1.165) is 5.56 Å². The van der Waals surface area contributed by atoms with Crippen LogP contribution < -0.4 is 15.4 Å². The largest absolute Gasteiger partial charge is 0.496 e. The molecule has 2 rings (SSSR count). The second-order valence-electron chi connectivity index (χ2n) is 4.89. The molecule has 0 bridgehead atoms. The lowest BCUT2D eigenvalue weighted by atomic mass is 10.2. The zero-order chi connectivity index (χ0) is 17.7. The molecule has 0 aliphatic carbocycles. The Hall–Kier alpha value is -3.00. The number of nitro benzene ring substituents is 1. The van der Waals surface area contributed by atoms with E-state index < -0.39 is 10.8 Å². The van der Waals surface area contributed by atoms with Crippen molar-refractivity contribution in [1.29, 1.82) is 0 Å². The summed E-state index contributed by atoms with van der Waals surface area (Å²) in [7, 11) is 1.46. The van der Waals surface area contributed by atoms with E-state index in [9.17, 15) is 14.9 Å². The molecule has 2 aromatic rings. The molecule has 0 aliphatic heterocycles. The first kappa shape index (κ1) is 17.4. The molecule has 2 aromatic carbocycles. The molecule has 0 saturated carbocycles. The normalized spacial score (nSPS) is 9.92. The fraction of sp³-hybridized carbons (Fsp3) is 0.125. The summed E-state index contributed by atoms with van der Waals surface area (Å²) in [6, 6.07) is 11.3. The van der Waals surface area contributed by atoms with Crippen molar-refractivity contribution in [3.63, 3.8) is 0 Å². The van der Waals surface area contributed by atoms with Crippen molar-refractivity contribution in [1.82, 2.24) is 5.32 Å². The Labute approximate surface area is 143 Å². The first-order valence-electron chi connectivity index (χ1n) is 6.92. The number of methoxy groups -OCH3 is 1. The van der Waals surface area contributed by atoms with Gasteiger partial charge in [-0.25, -0.2) is 0 Å². The molecule has 0 unspecified atom stereocenters. The van der Waals surface area contributed by atoms with Crippen LogP contribution in [0.1, 0.15) is 15.9 Å². The Morgan fingerprint density at radius 3 is 2.62 bits per heavy atom. The fourth-order valence-corrected chi connectivity index (χ4v) is 2.26. The zero-order valence-corrected chi connectivity index (χ0v) is 13.8. The molecule has 0 aliphatic rings. The van der Waals surface area contributed by atoms with Crippen molar-refractivity contribution in [3.8, 4) is 5.75 Å². The van der Waals surface area contributed by atoms with E-state index in [1.807, 2.05) is 0 Å². The number of nitro groups is 1. The summed E-state index contributed by atoms with van der Waals surface area (Å²) in [6.45, 7) is 1.75. The minimum absolute atomic E-state index is 0.0436. The van der Waals surface area contributed by atoms with Gasteiger partial charge < -0.3 is 10.1 Å². The molecule has 24 heavy (non-hydrogen) atoms. The number of hydrogen-bond donors (Lipinski definition) is 2. The number of para-hydroxylation sites is 1. The molecule has 1 amide bonds. The summed E-state index contributed by atoms with van der Waals surface area (Å²) in [5, 5.41) is 16.2. The van der Waals surface area contributed by atoms with E-state index in [1.54, 1.807) is 37.3 Å². The lowest BCUT2D eigenvalue weighted by molar-refractivity contribution is -0.383. The predicted octanol–water partition coefficient (Wildman–Crippen LogP) is 3.04. The molecule has 0 heterocycles. The van der Waals surface area contributed by atoms with Gasteiger partial charge in [0.2, 0.25) is 0 Å². The molecule has 0 saturated heterocycles. The number of benzene rings is 2. The third kappa shape index (κ3) is 4.05. The number of ether oxygens (including phenoxy) is 1. The molecule has 2 N–H and O–H groups in total. The maximum Gasteiger partial charge on any atom is 0.292 e. The number of carbonyl (C=O) groups is 1. The molecule has 0 fully saturated rings. The number of thiocarbonyl (C=S) groups is 1. The van der Waals surface area contributed by atoms with E-state index in [1.165, 1.54) is 19.2 Å². The van der Waals surface area contributed by atoms with E-state index in [-0.39, 0.29) is 16.5 Å². The topological polar surface area (TPSA) is 93.5 Å². The number of carbonyl (C=O) groups excluding carboxylic acids is 1. The maximum absolute atomic E-state index is 12.2. The molecule has 124 valence electrons. The number of anilines is 1. The highest BCUT2D eigenvalue weighted by Gasteiger charge is 2.17. The summed E-state index contributed by atoms with van der Waals surface area (Å²) >= 11 is 5.06. The van der Waals surface area contributed by atoms with E-state index in [0.29, 0.717) is 11.3 Å². The van der Waals surface area contributed by atoms with Gasteiger partial charge in [0.1, 0.15) is 11.4 Å². The Bertz CT molecular complexity index is 808. The quantitative estimate of drug-likeness (QED) is 0.502. The Morgan fingerprint density at radius 1 is 1.25 bits per heavy atom. The van der Waals surface area contributed by atoms with Gasteiger partial charge in [0.05, 0.1) is 17.6 Å². The van der Waals surface area contributed by atoms with Crippen LogP contribution in [0.3, 0.4) is 0 Å². The lowest BCUT2D eigenvalue weighted by Crippen LogP contribution is -2.34. The summed E-state index contributed by atoms with van der Waals surface area (Å²) in [5.74, 6) is -0.0705. The number of hydrogen-bond acceptors (Lipinski definition) is 5. The van der Waals surface area contributed by atoms with Crippen LogP contribution in [0, 0.1) is 17.0 Å². The van der Waals surface area contributed by atoms with Crippen molar-refractivity contribution in [2.75, 3.05) is 12.4 Å². The molecule has 8 heteroatoms. The van der Waals surface area contributed by atoms with Crippen molar-refractivity contribution in [3.05, 3.63) is 63.7 Å². The monoisotopic (exact) mass is 345 g/mol. The van der Waals surface area contributed by atoms with E-state index in [2.05, 4.69) is 10.6 Å². The van der Waals surface area contributed by atoms with Crippen LogP contribution in [0.4, 0.5) is 11.4 Å². The molecule has 0 radical (unpaired) electrons. The van der Waals surface area contributed by atoms with Crippen molar-refractivity contribution in [2.24, 2.45) is 0 Å². The van der Waals surface area contributed by atoms with Crippen LogP contribution in [0.15, 0.2) is 42.5 Å². The Morgan fingerprint density at radius 2 is 1.96 bits per heavy atom. The fourth-order valence-electron chi connectivity index (χ4n) is 2.05.